The first-order valence-corrected chi connectivity index (χ1v) is 9.70. The molecule has 1 aromatic carbocycles. The van der Waals surface area contributed by atoms with E-state index in [1.54, 1.807) is 35.4 Å². The fourth-order valence-electron chi connectivity index (χ4n) is 3.43. The molecule has 138 valence electrons. The van der Waals surface area contributed by atoms with Crippen LogP contribution in [0.5, 0.6) is 0 Å². The van der Waals surface area contributed by atoms with E-state index < -0.39 is 0 Å². The van der Waals surface area contributed by atoms with Gasteiger partial charge in [-0.1, -0.05) is 6.92 Å². The van der Waals surface area contributed by atoms with Crippen LogP contribution in [0.2, 0.25) is 0 Å². The van der Waals surface area contributed by atoms with Gasteiger partial charge in [0.15, 0.2) is 0 Å². The van der Waals surface area contributed by atoms with Gasteiger partial charge < -0.3 is 9.80 Å². The summed E-state index contributed by atoms with van der Waals surface area (Å²) in [6, 6.07) is 6.81. The Morgan fingerprint density at radius 1 is 1.42 bits per heavy atom. The quantitative estimate of drug-likeness (QED) is 0.583. The first kappa shape index (κ1) is 18.4. The number of hydrogen-bond acceptors (Lipinski definition) is 5. The summed E-state index contributed by atoms with van der Waals surface area (Å²) in [5.41, 5.74) is 2.02. The summed E-state index contributed by atoms with van der Waals surface area (Å²) in [6.07, 6.45) is 2.18. The molecule has 1 atom stereocenters. The van der Waals surface area contributed by atoms with E-state index in [9.17, 15) is 14.9 Å². The van der Waals surface area contributed by atoms with Crippen molar-refractivity contribution < 1.29 is 9.72 Å². The van der Waals surface area contributed by atoms with Crippen LogP contribution in [-0.2, 0) is 6.54 Å². The number of thiophene rings is 1. The molecule has 2 heterocycles. The number of rotatable bonds is 5. The maximum absolute atomic E-state index is 12.7. The lowest BCUT2D eigenvalue weighted by atomic mass is 9.99. The zero-order valence-electron chi connectivity index (χ0n) is 15.1. The molecule has 7 heteroatoms. The highest BCUT2D eigenvalue weighted by Crippen LogP contribution is 2.32. The van der Waals surface area contributed by atoms with Crippen molar-refractivity contribution in [1.29, 1.82) is 0 Å². The monoisotopic (exact) mass is 373 g/mol. The van der Waals surface area contributed by atoms with E-state index in [1.165, 1.54) is 6.07 Å². The fourth-order valence-corrected chi connectivity index (χ4v) is 4.09. The van der Waals surface area contributed by atoms with Crippen molar-refractivity contribution in [2.24, 2.45) is 5.92 Å². The Morgan fingerprint density at radius 2 is 2.23 bits per heavy atom. The van der Waals surface area contributed by atoms with Crippen molar-refractivity contribution in [2.45, 2.75) is 26.3 Å². The van der Waals surface area contributed by atoms with Crippen LogP contribution in [0.3, 0.4) is 0 Å². The Kier molecular flexibility index (Phi) is 5.56. The van der Waals surface area contributed by atoms with Crippen LogP contribution < -0.4 is 4.90 Å². The summed E-state index contributed by atoms with van der Waals surface area (Å²) in [6.45, 7) is 4.28. The molecule has 0 saturated carbocycles. The Morgan fingerprint density at radius 3 is 2.88 bits per heavy atom. The van der Waals surface area contributed by atoms with E-state index in [2.05, 4.69) is 11.8 Å². The third-order valence-corrected chi connectivity index (χ3v) is 5.50. The van der Waals surface area contributed by atoms with Gasteiger partial charge in [0.2, 0.25) is 0 Å². The number of nitro benzene ring substituents is 1. The van der Waals surface area contributed by atoms with Gasteiger partial charge >= 0.3 is 0 Å². The van der Waals surface area contributed by atoms with Crippen LogP contribution in [0, 0.1) is 16.0 Å². The van der Waals surface area contributed by atoms with Gasteiger partial charge in [0.1, 0.15) is 5.69 Å². The Hall–Kier alpha value is -2.41. The zero-order chi connectivity index (χ0) is 18.7. The van der Waals surface area contributed by atoms with Crippen molar-refractivity contribution in [1.82, 2.24) is 4.90 Å². The molecule has 0 aliphatic carbocycles. The SMILES string of the molecule is C[C@H]1CCCN(c2ccc(C(=O)N(C)Cc3ccsc3)cc2[N+](=O)[O-])C1. The van der Waals surface area contributed by atoms with E-state index in [1.807, 2.05) is 16.8 Å². The van der Waals surface area contributed by atoms with Gasteiger partial charge in [0.05, 0.1) is 4.92 Å². The highest BCUT2D eigenvalue weighted by molar-refractivity contribution is 7.07. The number of nitro groups is 1. The Balaban J connectivity index is 1.83. The van der Waals surface area contributed by atoms with Gasteiger partial charge in [0.25, 0.3) is 11.6 Å². The second-order valence-electron chi connectivity index (χ2n) is 6.95. The van der Waals surface area contributed by atoms with Crippen molar-refractivity contribution in [3.05, 3.63) is 56.3 Å². The number of hydrogen-bond donors (Lipinski definition) is 0. The lowest BCUT2D eigenvalue weighted by molar-refractivity contribution is -0.384. The maximum atomic E-state index is 12.7. The highest BCUT2D eigenvalue weighted by Gasteiger charge is 2.25. The average molecular weight is 373 g/mol. The van der Waals surface area contributed by atoms with Crippen molar-refractivity contribution >= 4 is 28.6 Å². The summed E-state index contributed by atoms with van der Waals surface area (Å²) in [5, 5.41) is 15.6. The molecule has 0 N–H and O–H groups in total. The summed E-state index contributed by atoms with van der Waals surface area (Å²) >= 11 is 1.58. The second kappa shape index (κ2) is 7.86. The van der Waals surface area contributed by atoms with Crippen molar-refractivity contribution in [3.63, 3.8) is 0 Å². The van der Waals surface area contributed by atoms with Gasteiger partial charge in [-0.15, -0.1) is 0 Å². The fraction of sp³-hybridized carbons (Fsp3) is 0.421. The van der Waals surface area contributed by atoms with E-state index in [0.717, 1.165) is 31.5 Å². The van der Waals surface area contributed by atoms with Crippen LogP contribution in [0.4, 0.5) is 11.4 Å². The summed E-state index contributed by atoms with van der Waals surface area (Å²) < 4.78 is 0. The highest BCUT2D eigenvalue weighted by atomic mass is 32.1. The molecule has 1 aromatic heterocycles. The number of nitrogens with zero attached hydrogens (tertiary/aromatic N) is 3. The molecule has 1 fully saturated rings. The summed E-state index contributed by atoms with van der Waals surface area (Å²) in [5.74, 6) is 0.305. The molecule has 6 nitrogen and oxygen atoms in total. The van der Waals surface area contributed by atoms with E-state index in [4.69, 9.17) is 0 Å². The Labute approximate surface area is 157 Å². The van der Waals surface area contributed by atoms with Gasteiger partial charge in [-0.3, -0.25) is 14.9 Å². The average Bonchev–Trinajstić information content (AvgIpc) is 3.13. The van der Waals surface area contributed by atoms with Gasteiger partial charge in [-0.25, -0.2) is 0 Å². The number of piperidine rings is 1. The van der Waals surface area contributed by atoms with Crippen LogP contribution >= 0.6 is 11.3 Å². The molecular weight excluding hydrogens is 350 g/mol. The summed E-state index contributed by atoms with van der Waals surface area (Å²) in [4.78, 5) is 27.5. The molecule has 0 spiro atoms. The standard InChI is InChI=1S/C19H23N3O3S/c1-14-4-3-8-21(11-14)17-6-5-16(10-18(17)22(24)25)19(23)20(2)12-15-7-9-26-13-15/h5-7,9-10,13-14H,3-4,8,11-12H2,1-2H3/t14-/m0/s1. The van der Waals surface area contributed by atoms with Gasteiger partial charge in [0, 0.05) is 38.3 Å². The molecular formula is C19H23N3O3S. The number of benzene rings is 1. The normalized spacial score (nSPS) is 17.2. The molecule has 1 amide bonds. The molecule has 1 saturated heterocycles. The molecule has 0 bridgehead atoms. The van der Waals surface area contributed by atoms with Crippen molar-refractivity contribution in [2.75, 3.05) is 25.0 Å². The molecule has 0 radical (unpaired) electrons. The smallest absolute Gasteiger partial charge is 0.293 e. The minimum Gasteiger partial charge on any atom is -0.366 e. The lowest BCUT2D eigenvalue weighted by Gasteiger charge is -2.32. The third kappa shape index (κ3) is 4.04. The Bertz CT molecular complexity index is 791. The van der Waals surface area contributed by atoms with E-state index in [0.29, 0.717) is 23.7 Å². The minimum atomic E-state index is -0.385. The molecule has 1 aliphatic heterocycles. The maximum Gasteiger partial charge on any atom is 0.293 e. The van der Waals surface area contributed by atoms with Crippen LogP contribution in [-0.4, -0.2) is 35.9 Å². The minimum absolute atomic E-state index is 0.00823. The van der Waals surface area contributed by atoms with Crippen LogP contribution in [0.1, 0.15) is 35.7 Å². The van der Waals surface area contributed by atoms with Gasteiger partial charge in [-0.2, -0.15) is 11.3 Å². The number of anilines is 1. The molecule has 0 unspecified atom stereocenters. The third-order valence-electron chi connectivity index (χ3n) is 4.76. The number of carbonyl (C=O) groups excluding carboxylic acids is 1. The van der Waals surface area contributed by atoms with Crippen molar-refractivity contribution in [3.8, 4) is 0 Å². The van der Waals surface area contributed by atoms with Crippen LogP contribution in [0.25, 0.3) is 0 Å². The first-order valence-electron chi connectivity index (χ1n) is 8.75. The summed E-state index contributed by atoms with van der Waals surface area (Å²) in [7, 11) is 1.71. The largest absolute Gasteiger partial charge is 0.366 e. The topological polar surface area (TPSA) is 66.7 Å². The molecule has 2 aromatic rings. The zero-order valence-corrected chi connectivity index (χ0v) is 15.9. The number of carbonyl (C=O) groups is 1. The van der Waals surface area contributed by atoms with E-state index >= 15 is 0 Å². The lowest BCUT2D eigenvalue weighted by Crippen LogP contribution is -2.34. The molecule has 1 aliphatic rings. The first-order chi connectivity index (χ1) is 12.5. The molecule has 3 rings (SSSR count). The van der Waals surface area contributed by atoms with Crippen LogP contribution in [0.15, 0.2) is 35.0 Å². The van der Waals surface area contributed by atoms with Gasteiger partial charge in [-0.05, 0) is 53.3 Å². The predicted molar refractivity (Wildman–Crippen MR) is 104 cm³/mol. The second-order valence-corrected chi connectivity index (χ2v) is 7.73. The van der Waals surface area contributed by atoms with E-state index in [-0.39, 0.29) is 16.5 Å². The number of amides is 1. The molecule has 26 heavy (non-hydrogen) atoms. The predicted octanol–water partition coefficient (Wildman–Crippen LogP) is 4.16.